The molecule has 3 aromatic rings. The summed E-state index contributed by atoms with van der Waals surface area (Å²) in [4.78, 5) is 25.4. The van der Waals surface area contributed by atoms with E-state index in [1.54, 1.807) is 55.6 Å². The number of ether oxygens (including phenoxy) is 2. The maximum Gasteiger partial charge on any atom is 0.339 e. The number of hydrogen-bond acceptors (Lipinski definition) is 4. The lowest BCUT2D eigenvalue weighted by Crippen LogP contribution is -2.13. The summed E-state index contributed by atoms with van der Waals surface area (Å²) in [5, 5.41) is 0. The second-order valence-corrected chi connectivity index (χ2v) is 6.13. The summed E-state index contributed by atoms with van der Waals surface area (Å²) in [6.07, 6.45) is 0. The Bertz CT molecular complexity index is 961. The molecule has 0 aliphatic rings. The predicted molar refractivity (Wildman–Crippen MR) is 103 cm³/mol. The fourth-order valence-corrected chi connectivity index (χ4v) is 2.85. The van der Waals surface area contributed by atoms with E-state index in [0.717, 1.165) is 11.1 Å². The van der Waals surface area contributed by atoms with Gasteiger partial charge in [0.05, 0.1) is 12.7 Å². The second kappa shape index (κ2) is 8.32. The lowest BCUT2D eigenvalue weighted by atomic mass is 9.98. The number of ketones is 1. The van der Waals surface area contributed by atoms with Gasteiger partial charge in [0.15, 0.2) is 5.78 Å². The molecule has 136 valence electrons. The number of rotatable bonds is 6. The van der Waals surface area contributed by atoms with E-state index in [-0.39, 0.29) is 18.0 Å². The van der Waals surface area contributed by atoms with Crippen LogP contribution in [0, 0.1) is 6.92 Å². The maximum absolute atomic E-state index is 12.8. The Balaban J connectivity index is 1.82. The summed E-state index contributed by atoms with van der Waals surface area (Å²) in [6, 6.07) is 21.2. The highest BCUT2D eigenvalue weighted by Gasteiger charge is 2.19. The molecule has 3 rings (SSSR count). The van der Waals surface area contributed by atoms with Gasteiger partial charge in [-0.3, -0.25) is 4.79 Å². The summed E-state index contributed by atoms with van der Waals surface area (Å²) in [6.45, 7) is 2.02. The van der Waals surface area contributed by atoms with Gasteiger partial charge in [0.25, 0.3) is 0 Å². The van der Waals surface area contributed by atoms with Gasteiger partial charge in [0.2, 0.25) is 0 Å². The molecule has 0 radical (unpaired) electrons. The van der Waals surface area contributed by atoms with Crippen LogP contribution in [0.2, 0.25) is 0 Å². The Kier molecular flexibility index (Phi) is 5.67. The van der Waals surface area contributed by atoms with Gasteiger partial charge in [0.1, 0.15) is 12.4 Å². The zero-order valence-corrected chi connectivity index (χ0v) is 15.3. The molecule has 3 aromatic carbocycles. The molecule has 0 fully saturated rings. The molecule has 4 nitrogen and oxygen atoms in total. The number of carbonyl (C=O) groups excluding carboxylic acids is 2. The van der Waals surface area contributed by atoms with Crippen molar-refractivity contribution in [2.24, 2.45) is 0 Å². The SMILES string of the molecule is COc1ccc(C)cc1COC(=O)c1ccccc1C(=O)c1ccccc1. The first kappa shape index (κ1) is 18.4. The molecule has 0 aliphatic heterocycles. The Morgan fingerprint density at radius 1 is 0.852 bits per heavy atom. The van der Waals surface area contributed by atoms with Gasteiger partial charge in [-0.2, -0.15) is 0 Å². The Hall–Kier alpha value is -3.40. The molecule has 27 heavy (non-hydrogen) atoms. The van der Waals surface area contributed by atoms with Crippen LogP contribution in [0.1, 0.15) is 37.4 Å². The van der Waals surface area contributed by atoms with Crippen molar-refractivity contribution in [3.8, 4) is 5.75 Å². The number of aryl methyl sites for hydroxylation is 1. The molecular formula is C23H20O4. The maximum atomic E-state index is 12.8. The van der Waals surface area contributed by atoms with E-state index in [4.69, 9.17) is 9.47 Å². The molecule has 0 saturated carbocycles. The molecule has 0 amide bonds. The van der Waals surface area contributed by atoms with E-state index in [1.165, 1.54) is 0 Å². The Labute approximate surface area is 158 Å². The van der Waals surface area contributed by atoms with Crippen molar-refractivity contribution in [1.82, 2.24) is 0 Å². The average Bonchev–Trinajstić information content (AvgIpc) is 2.72. The molecule has 0 aromatic heterocycles. The molecule has 4 heteroatoms. The van der Waals surface area contributed by atoms with Crippen LogP contribution in [0.4, 0.5) is 0 Å². The van der Waals surface area contributed by atoms with Crippen molar-refractivity contribution >= 4 is 11.8 Å². The van der Waals surface area contributed by atoms with Crippen LogP contribution in [-0.2, 0) is 11.3 Å². The van der Waals surface area contributed by atoms with Crippen LogP contribution in [0.15, 0.2) is 72.8 Å². The van der Waals surface area contributed by atoms with Crippen LogP contribution in [0.3, 0.4) is 0 Å². The smallest absolute Gasteiger partial charge is 0.339 e. The van der Waals surface area contributed by atoms with Crippen molar-refractivity contribution in [3.63, 3.8) is 0 Å². The van der Waals surface area contributed by atoms with Gasteiger partial charge in [-0.1, -0.05) is 60.2 Å². The summed E-state index contributed by atoms with van der Waals surface area (Å²) in [5.74, 6) is -0.100. The minimum Gasteiger partial charge on any atom is -0.496 e. The number of benzene rings is 3. The number of methoxy groups -OCH3 is 1. The molecule has 0 N–H and O–H groups in total. The van der Waals surface area contributed by atoms with Gasteiger partial charge in [0, 0.05) is 16.7 Å². The van der Waals surface area contributed by atoms with Crippen LogP contribution < -0.4 is 4.74 Å². The lowest BCUT2D eigenvalue weighted by molar-refractivity contribution is 0.0467. The molecule has 0 bridgehead atoms. The second-order valence-electron chi connectivity index (χ2n) is 6.13. The standard InChI is InChI=1S/C23H20O4/c1-16-12-13-21(26-2)18(14-16)15-27-23(25)20-11-7-6-10-19(20)22(24)17-8-4-3-5-9-17/h3-14H,15H2,1-2H3. The fourth-order valence-electron chi connectivity index (χ4n) is 2.85. The third-order valence-corrected chi connectivity index (χ3v) is 4.22. The first-order valence-corrected chi connectivity index (χ1v) is 8.59. The van der Waals surface area contributed by atoms with E-state index < -0.39 is 5.97 Å². The summed E-state index contributed by atoms with van der Waals surface area (Å²) >= 11 is 0. The van der Waals surface area contributed by atoms with E-state index in [2.05, 4.69) is 0 Å². The normalized spacial score (nSPS) is 10.3. The van der Waals surface area contributed by atoms with Gasteiger partial charge < -0.3 is 9.47 Å². The number of carbonyl (C=O) groups is 2. The highest BCUT2D eigenvalue weighted by molar-refractivity contribution is 6.14. The van der Waals surface area contributed by atoms with Crippen LogP contribution >= 0.6 is 0 Å². The zero-order chi connectivity index (χ0) is 19.2. The fraction of sp³-hybridized carbons (Fsp3) is 0.130. The third-order valence-electron chi connectivity index (χ3n) is 4.22. The van der Waals surface area contributed by atoms with Crippen molar-refractivity contribution in [1.29, 1.82) is 0 Å². The third kappa shape index (κ3) is 4.23. The largest absolute Gasteiger partial charge is 0.496 e. The minimum atomic E-state index is -0.543. The molecule has 0 unspecified atom stereocenters. The molecular weight excluding hydrogens is 340 g/mol. The van der Waals surface area contributed by atoms with Crippen molar-refractivity contribution in [2.45, 2.75) is 13.5 Å². The van der Waals surface area contributed by atoms with E-state index in [1.807, 2.05) is 31.2 Å². The highest BCUT2D eigenvalue weighted by atomic mass is 16.5. The van der Waals surface area contributed by atoms with E-state index in [0.29, 0.717) is 16.9 Å². The quantitative estimate of drug-likeness (QED) is 0.476. The molecule has 0 spiro atoms. The molecule has 0 aliphatic carbocycles. The molecule has 0 atom stereocenters. The van der Waals surface area contributed by atoms with Crippen LogP contribution in [0.5, 0.6) is 5.75 Å². The monoisotopic (exact) mass is 360 g/mol. The minimum absolute atomic E-state index is 0.0670. The number of esters is 1. The van der Waals surface area contributed by atoms with Gasteiger partial charge in [-0.15, -0.1) is 0 Å². The van der Waals surface area contributed by atoms with Crippen molar-refractivity contribution in [2.75, 3.05) is 7.11 Å². The first-order valence-electron chi connectivity index (χ1n) is 8.59. The van der Waals surface area contributed by atoms with Gasteiger partial charge in [-0.25, -0.2) is 4.79 Å². The number of hydrogen-bond donors (Lipinski definition) is 0. The van der Waals surface area contributed by atoms with E-state index in [9.17, 15) is 9.59 Å². The Morgan fingerprint density at radius 3 is 2.22 bits per heavy atom. The topological polar surface area (TPSA) is 52.6 Å². The van der Waals surface area contributed by atoms with Crippen LogP contribution in [-0.4, -0.2) is 18.9 Å². The van der Waals surface area contributed by atoms with Crippen molar-refractivity contribution < 1.29 is 19.1 Å². The lowest BCUT2D eigenvalue weighted by Gasteiger charge is -2.12. The average molecular weight is 360 g/mol. The van der Waals surface area contributed by atoms with Gasteiger partial charge >= 0.3 is 5.97 Å². The summed E-state index contributed by atoms with van der Waals surface area (Å²) in [5.41, 5.74) is 2.92. The molecule has 0 heterocycles. The van der Waals surface area contributed by atoms with Gasteiger partial charge in [-0.05, 0) is 25.1 Å². The van der Waals surface area contributed by atoms with E-state index >= 15 is 0 Å². The zero-order valence-electron chi connectivity index (χ0n) is 15.3. The summed E-state index contributed by atoms with van der Waals surface area (Å²) < 4.78 is 10.8. The van der Waals surface area contributed by atoms with Crippen LogP contribution in [0.25, 0.3) is 0 Å². The first-order chi connectivity index (χ1) is 13.1. The summed E-state index contributed by atoms with van der Waals surface area (Å²) in [7, 11) is 1.57. The molecule has 0 saturated heterocycles. The van der Waals surface area contributed by atoms with Crippen molar-refractivity contribution in [3.05, 3.63) is 101 Å². The highest BCUT2D eigenvalue weighted by Crippen LogP contribution is 2.22. The Morgan fingerprint density at radius 2 is 1.52 bits per heavy atom. The predicted octanol–water partition coefficient (Wildman–Crippen LogP) is 4.59.